The summed E-state index contributed by atoms with van der Waals surface area (Å²) in [5.41, 5.74) is 1.20. The Bertz CT molecular complexity index is 476. The molecule has 0 bridgehead atoms. The third-order valence-electron chi connectivity index (χ3n) is 4.55. The van der Waals surface area contributed by atoms with Crippen LogP contribution in [0.25, 0.3) is 0 Å². The van der Waals surface area contributed by atoms with E-state index in [0.717, 1.165) is 18.0 Å². The molecular formula is C17H26N2O2. The van der Waals surface area contributed by atoms with E-state index in [-0.39, 0.29) is 0 Å². The summed E-state index contributed by atoms with van der Waals surface area (Å²) in [5, 5.41) is 3.70. The minimum atomic E-state index is 0.346. The van der Waals surface area contributed by atoms with E-state index in [1.165, 1.54) is 37.9 Å². The number of nitrogens with one attached hydrogen (secondary N) is 1. The van der Waals surface area contributed by atoms with Crippen LogP contribution in [0, 0.1) is 0 Å². The zero-order valence-corrected chi connectivity index (χ0v) is 13.1. The molecular weight excluding hydrogens is 264 g/mol. The van der Waals surface area contributed by atoms with Gasteiger partial charge in [-0.3, -0.25) is 0 Å². The number of likely N-dealkylation sites (tertiary alicyclic amines) is 1. The molecule has 1 fully saturated rings. The van der Waals surface area contributed by atoms with Gasteiger partial charge in [-0.1, -0.05) is 12.1 Å². The second-order valence-electron chi connectivity index (χ2n) is 6.29. The maximum atomic E-state index is 5.57. The Morgan fingerprint density at radius 2 is 2.14 bits per heavy atom. The van der Waals surface area contributed by atoms with Gasteiger partial charge in [-0.2, -0.15) is 0 Å². The Balaban J connectivity index is 1.55. The van der Waals surface area contributed by atoms with Crippen molar-refractivity contribution in [2.75, 3.05) is 19.9 Å². The number of rotatable bonds is 4. The molecule has 0 spiro atoms. The zero-order chi connectivity index (χ0) is 14.7. The standard InChI is InChI=1S/C17H26N2O2/c1-13(2)19-9-4-6-15(8-10-19)18-11-14-5-3-7-16-17(14)21-12-20-16/h3,5,7,13,15,18H,4,6,8-12H2,1-2H3. The van der Waals surface area contributed by atoms with Crippen molar-refractivity contribution < 1.29 is 9.47 Å². The Labute approximate surface area is 127 Å². The summed E-state index contributed by atoms with van der Waals surface area (Å²) < 4.78 is 11.0. The number of para-hydroxylation sites is 1. The van der Waals surface area contributed by atoms with Gasteiger partial charge in [-0.05, 0) is 52.3 Å². The molecule has 116 valence electrons. The fourth-order valence-electron chi connectivity index (χ4n) is 3.22. The van der Waals surface area contributed by atoms with Crippen molar-refractivity contribution in [3.05, 3.63) is 23.8 Å². The minimum absolute atomic E-state index is 0.346. The predicted octanol–water partition coefficient (Wildman–Crippen LogP) is 2.77. The van der Waals surface area contributed by atoms with Crippen LogP contribution in [-0.2, 0) is 6.54 Å². The summed E-state index contributed by atoms with van der Waals surface area (Å²) in [6, 6.07) is 7.40. The monoisotopic (exact) mass is 290 g/mol. The Morgan fingerprint density at radius 3 is 3.00 bits per heavy atom. The number of benzene rings is 1. The average Bonchev–Trinajstić information content (AvgIpc) is 2.83. The third-order valence-corrected chi connectivity index (χ3v) is 4.55. The molecule has 0 radical (unpaired) electrons. The van der Waals surface area contributed by atoms with Crippen LogP contribution >= 0.6 is 0 Å². The maximum absolute atomic E-state index is 5.57. The van der Waals surface area contributed by atoms with Crippen LogP contribution in [0.4, 0.5) is 0 Å². The molecule has 1 unspecified atom stereocenters. The van der Waals surface area contributed by atoms with Crippen molar-refractivity contribution in [2.45, 2.75) is 51.7 Å². The van der Waals surface area contributed by atoms with Crippen LogP contribution in [0.2, 0.25) is 0 Å². The van der Waals surface area contributed by atoms with E-state index in [2.05, 4.69) is 30.1 Å². The van der Waals surface area contributed by atoms with E-state index in [1.807, 2.05) is 12.1 Å². The molecule has 0 aliphatic carbocycles. The first-order chi connectivity index (χ1) is 10.2. The highest BCUT2D eigenvalue weighted by Crippen LogP contribution is 2.35. The Morgan fingerprint density at radius 1 is 1.24 bits per heavy atom. The number of hydrogen-bond donors (Lipinski definition) is 1. The van der Waals surface area contributed by atoms with Gasteiger partial charge >= 0.3 is 0 Å². The lowest BCUT2D eigenvalue weighted by molar-refractivity contribution is 0.173. The lowest BCUT2D eigenvalue weighted by Crippen LogP contribution is -2.33. The molecule has 4 nitrogen and oxygen atoms in total. The summed E-state index contributed by atoms with van der Waals surface area (Å²) in [5.74, 6) is 1.79. The molecule has 1 saturated heterocycles. The van der Waals surface area contributed by atoms with Crippen LogP contribution in [0.5, 0.6) is 11.5 Å². The van der Waals surface area contributed by atoms with Crippen LogP contribution < -0.4 is 14.8 Å². The first-order valence-electron chi connectivity index (χ1n) is 8.09. The summed E-state index contributed by atoms with van der Waals surface area (Å²) in [4.78, 5) is 2.58. The highest BCUT2D eigenvalue weighted by atomic mass is 16.7. The lowest BCUT2D eigenvalue weighted by atomic mass is 10.1. The van der Waals surface area contributed by atoms with Gasteiger partial charge in [0.2, 0.25) is 6.79 Å². The van der Waals surface area contributed by atoms with E-state index in [0.29, 0.717) is 18.9 Å². The van der Waals surface area contributed by atoms with E-state index in [4.69, 9.17) is 9.47 Å². The molecule has 0 aromatic heterocycles. The largest absolute Gasteiger partial charge is 0.454 e. The molecule has 4 heteroatoms. The molecule has 21 heavy (non-hydrogen) atoms. The zero-order valence-electron chi connectivity index (χ0n) is 13.1. The molecule has 1 N–H and O–H groups in total. The fourth-order valence-corrected chi connectivity index (χ4v) is 3.22. The summed E-state index contributed by atoms with van der Waals surface area (Å²) in [7, 11) is 0. The summed E-state index contributed by atoms with van der Waals surface area (Å²) in [6.07, 6.45) is 3.77. The van der Waals surface area contributed by atoms with Crippen LogP contribution in [0.1, 0.15) is 38.7 Å². The van der Waals surface area contributed by atoms with Gasteiger partial charge in [0.15, 0.2) is 11.5 Å². The Kier molecular flexibility index (Phi) is 4.66. The van der Waals surface area contributed by atoms with E-state index >= 15 is 0 Å². The quantitative estimate of drug-likeness (QED) is 0.924. The lowest BCUT2D eigenvalue weighted by Gasteiger charge is -2.24. The normalized spacial score (nSPS) is 22.5. The molecule has 2 aliphatic heterocycles. The second kappa shape index (κ2) is 6.67. The molecule has 1 atom stereocenters. The molecule has 1 aromatic rings. The molecule has 0 amide bonds. The highest BCUT2D eigenvalue weighted by molar-refractivity contribution is 5.48. The smallest absolute Gasteiger partial charge is 0.231 e. The first-order valence-corrected chi connectivity index (χ1v) is 8.09. The predicted molar refractivity (Wildman–Crippen MR) is 83.8 cm³/mol. The van der Waals surface area contributed by atoms with E-state index in [1.54, 1.807) is 0 Å². The summed E-state index contributed by atoms with van der Waals surface area (Å²) in [6.45, 7) is 8.21. The van der Waals surface area contributed by atoms with Crippen molar-refractivity contribution in [1.29, 1.82) is 0 Å². The number of ether oxygens (including phenoxy) is 2. The molecule has 1 aromatic carbocycles. The van der Waals surface area contributed by atoms with E-state index in [9.17, 15) is 0 Å². The van der Waals surface area contributed by atoms with Crippen molar-refractivity contribution in [1.82, 2.24) is 10.2 Å². The van der Waals surface area contributed by atoms with Crippen molar-refractivity contribution in [2.24, 2.45) is 0 Å². The van der Waals surface area contributed by atoms with Crippen LogP contribution in [0.3, 0.4) is 0 Å². The van der Waals surface area contributed by atoms with Crippen molar-refractivity contribution in [3.63, 3.8) is 0 Å². The van der Waals surface area contributed by atoms with Gasteiger partial charge in [-0.15, -0.1) is 0 Å². The highest BCUT2D eigenvalue weighted by Gasteiger charge is 2.20. The van der Waals surface area contributed by atoms with Gasteiger partial charge in [0.1, 0.15) is 0 Å². The third kappa shape index (κ3) is 3.50. The molecule has 0 saturated carbocycles. The SMILES string of the molecule is CC(C)N1CCCC(NCc2cccc3c2OCO3)CC1. The first kappa shape index (κ1) is 14.7. The van der Waals surface area contributed by atoms with Crippen molar-refractivity contribution >= 4 is 0 Å². The topological polar surface area (TPSA) is 33.7 Å². The Hall–Kier alpha value is -1.26. The molecule has 2 aliphatic rings. The second-order valence-corrected chi connectivity index (χ2v) is 6.29. The molecule has 3 rings (SSSR count). The minimum Gasteiger partial charge on any atom is -0.454 e. The summed E-state index contributed by atoms with van der Waals surface area (Å²) >= 11 is 0. The maximum Gasteiger partial charge on any atom is 0.231 e. The number of fused-ring (bicyclic) bond motifs is 1. The fraction of sp³-hybridized carbons (Fsp3) is 0.647. The molecule has 2 heterocycles. The van der Waals surface area contributed by atoms with Gasteiger partial charge in [-0.25, -0.2) is 0 Å². The van der Waals surface area contributed by atoms with Gasteiger partial charge in [0, 0.05) is 24.2 Å². The average molecular weight is 290 g/mol. The van der Waals surface area contributed by atoms with Crippen LogP contribution in [-0.4, -0.2) is 36.9 Å². The van der Waals surface area contributed by atoms with Crippen LogP contribution in [0.15, 0.2) is 18.2 Å². The number of nitrogens with zero attached hydrogens (tertiary/aromatic N) is 1. The number of hydrogen-bond acceptors (Lipinski definition) is 4. The van der Waals surface area contributed by atoms with Gasteiger partial charge in [0.25, 0.3) is 0 Å². The van der Waals surface area contributed by atoms with Crippen molar-refractivity contribution in [3.8, 4) is 11.5 Å². The van der Waals surface area contributed by atoms with E-state index < -0.39 is 0 Å². The van der Waals surface area contributed by atoms with Gasteiger partial charge < -0.3 is 19.7 Å². The van der Waals surface area contributed by atoms with Gasteiger partial charge in [0.05, 0.1) is 0 Å².